The molecule has 124 valence electrons. The van der Waals surface area contributed by atoms with Gasteiger partial charge >= 0.3 is 0 Å². The van der Waals surface area contributed by atoms with Crippen LogP contribution in [0.15, 0.2) is 59.9 Å². The van der Waals surface area contributed by atoms with Gasteiger partial charge in [0.2, 0.25) is 10.0 Å². The second-order valence-corrected chi connectivity index (χ2v) is 6.98. The van der Waals surface area contributed by atoms with Crippen molar-refractivity contribution in [3.05, 3.63) is 60.6 Å². The molecule has 3 aromatic rings. The quantitative estimate of drug-likeness (QED) is 0.770. The van der Waals surface area contributed by atoms with Crippen molar-refractivity contribution in [3.8, 4) is 5.75 Å². The summed E-state index contributed by atoms with van der Waals surface area (Å²) in [4.78, 5) is 8.42. The number of nitrogens with zero attached hydrogens (tertiary/aromatic N) is 2. The van der Waals surface area contributed by atoms with Crippen LogP contribution in [-0.4, -0.2) is 25.5 Å². The Hall–Kier alpha value is -2.51. The third-order valence-electron chi connectivity index (χ3n) is 3.72. The number of rotatable bonds is 5. The molecular formula is C17H17N3O3S. The zero-order valence-corrected chi connectivity index (χ0v) is 14.1. The average Bonchev–Trinajstić information content (AvgIpc) is 2.61. The van der Waals surface area contributed by atoms with Gasteiger partial charge in [0.05, 0.1) is 12.0 Å². The Morgan fingerprint density at radius 1 is 1.12 bits per heavy atom. The van der Waals surface area contributed by atoms with Gasteiger partial charge in [-0.2, -0.15) is 0 Å². The molecule has 0 radical (unpaired) electrons. The number of benzene rings is 1. The van der Waals surface area contributed by atoms with E-state index < -0.39 is 16.1 Å². The molecule has 0 saturated carbocycles. The summed E-state index contributed by atoms with van der Waals surface area (Å²) in [6, 6.07) is 9.75. The molecule has 0 amide bonds. The standard InChI is InChI=1S/C17H17N3O3S/c1-12(13-5-3-9-18-11-13)20-24(21,22)16-8-7-15(23-2)17-14(16)6-4-10-19-17/h3-12,20H,1-2H3/t12-/m1/s1. The third-order valence-corrected chi connectivity index (χ3v) is 5.32. The van der Waals surface area contributed by atoms with Gasteiger partial charge < -0.3 is 4.74 Å². The lowest BCUT2D eigenvalue weighted by Gasteiger charge is -2.16. The molecule has 0 aliphatic rings. The largest absolute Gasteiger partial charge is 0.494 e. The van der Waals surface area contributed by atoms with Crippen LogP contribution in [0.2, 0.25) is 0 Å². The Kier molecular flexibility index (Phi) is 4.46. The highest BCUT2D eigenvalue weighted by molar-refractivity contribution is 7.89. The molecule has 24 heavy (non-hydrogen) atoms. The topological polar surface area (TPSA) is 81.2 Å². The van der Waals surface area contributed by atoms with E-state index in [2.05, 4.69) is 14.7 Å². The molecule has 0 aliphatic carbocycles. The molecule has 2 heterocycles. The molecule has 3 rings (SSSR count). The van der Waals surface area contributed by atoms with Crippen LogP contribution in [0.25, 0.3) is 10.9 Å². The maximum atomic E-state index is 12.8. The molecule has 0 spiro atoms. The highest BCUT2D eigenvalue weighted by Crippen LogP contribution is 2.29. The molecule has 1 atom stereocenters. The molecule has 6 nitrogen and oxygen atoms in total. The van der Waals surface area contributed by atoms with Gasteiger partial charge in [-0.15, -0.1) is 0 Å². The zero-order valence-electron chi connectivity index (χ0n) is 13.3. The number of ether oxygens (including phenoxy) is 1. The minimum Gasteiger partial charge on any atom is -0.494 e. The van der Waals surface area contributed by atoms with Gasteiger partial charge in [-0.3, -0.25) is 9.97 Å². The van der Waals surface area contributed by atoms with Crippen molar-refractivity contribution in [2.45, 2.75) is 17.9 Å². The summed E-state index contributed by atoms with van der Waals surface area (Å²) in [6.07, 6.45) is 4.89. The van der Waals surface area contributed by atoms with Crippen molar-refractivity contribution in [3.63, 3.8) is 0 Å². The summed E-state index contributed by atoms with van der Waals surface area (Å²) in [5.41, 5.74) is 1.30. The predicted molar refractivity (Wildman–Crippen MR) is 91.3 cm³/mol. The third kappa shape index (κ3) is 3.08. The van der Waals surface area contributed by atoms with Crippen LogP contribution in [-0.2, 0) is 10.0 Å². The zero-order chi connectivity index (χ0) is 17.2. The van der Waals surface area contributed by atoms with Crippen molar-refractivity contribution < 1.29 is 13.2 Å². The van der Waals surface area contributed by atoms with Gasteiger partial charge in [0.15, 0.2) is 0 Å². The SMILES string of the molecule is COc1ccc(S(=O)(=O)N[C@H](C)c2cccnc2)c2cccnc12. The van der Waals surface area contributed by atoms with Gasteiger partial charge in [0.1, 0.15) is 11.3 Å². The lowest BCUT2D eigenvalue weighted by Crippen LogP contribution is -2.27. The Balaban J connectivity index is 2.03. The fourth-order valence-corrected chi connectivity index (χ4v) is 3.95. The maximum absolute atomic E-state index is 12.8. The van der Waals surface area contributed by atoms with Crippen molar-refractivity contribution >= 4 is 20.9 Å². The highest BCUT2D eigenvalue weighted by atomic mass is 32.2. The van der Waals surface area contributed by atoms with Gasteiger partial charge in [-0.25, -0.2) is 13.1 Å². The first-order chi connectivity index (χ1) is 11.5. The lowest BCUT2D eigenvalue weighted by atomic mass is 10.2. The summed E-state index contributed by atoms with van der Waals surface area (Å²) >= 11 is 0. The van der Waals surface area contributed by atoms with Gasteiger partial charge in [0.25, 0.3) is 0 Å². The van der Waals surface area contributed by atoms with Crippen LogP contribution in [0.5, 0.6) is 5.75 Å². The van der Waals surface area contributed by atoms with E-state index in [9.17, 15) is 8.42 Å². The Bertz CT molecular complexity index is 959. The number of fused-ring (bicyclic) bond motifs is 1. The normalized spacial score (nSPS) is 12.9. The number of aromatic nitrogens is 2. The number of pyridine rings is 2. The van der Waals surface area contributed by atoms with Crippen molar-refractivity contribution in [2.75, 3.05) is 7.11 Å². The predicted octanol–water partition coefficient (Wildman–Crippen LogP) is 2.68. The number of nitrogens with one attached hydrogen (secondary N) is 1. The summed E-state index contributed by atoms with van der Waals surface area (Å²) in [5.74, 6) is 0.532. The molecule has 1 aromatic carbocycles. The van der Waals surface area contributed by atoms with Crippen LogP contribution in [0.4, 0.5) is 0 Å². The van der Waals surface area contributed by atoms with E-state index >= 15 is 0 Å². The van der Waals surface area contributed by atoms with E-state index in [0.717, 1.165) is 5.56 Å². The molecule has 2 aromatic heterocycles. The first kappa shape index (κ1) is 16.4. The molecular weight excluding hydrogens is 326 g/mol. The lowest BCUT2D eigenvalue weighted by molar-refractivity contribution is 0.418. The van der Waals surface area contributed by atoms with Gasteiger partial charge in [0, 0.05) is 30.0 Å². The molecule has 1 N–H and O–H groups in total. The Morgan fingerprint density at radius 3 is 2.62 bits per heavy atom. The average molecular weight is 343 g/mol. The number of hydrogen-bond acceptors (Lipinski definition) is 5. The monoisotopic (exact) mass is 343 g/mol. The molecule has 0 fully saturated rings. The van der Waals surface area contributed by atoms with E-state index in [1.54, 1.807) is 49.8 Å². The fourth-order valence-electron chi connectivity index (χ4n) is 2.52. The Morgan fingerprint density at radius 2 is 1.92 bits per heavy atom. The number of hydrogen-bond donors (Lipinski definition) is 1. The van der Waals surface area contributed by atoms with Crippen LogP contribution in [0, 0.1) is 0 Å². The smallest absolute Gasteiger partial charge is 0.241 e. The summed E-state index contributed by atoms with van der Waals surface area (Å²) in [6.45, 7) is 1.78. The minimum atomic E-state index is -3.73. The van der Waals surface area contributed by atoms with E-state index in [4.69, 9.17) is 4.74 Å². The van der Waals surface area contributed by atoms with Crippen LogP contribution in [0.3, 0.4) is 0 Å². The van der Waals surface area contributed by atoms with Crippen LogP contribution >= 0.6 is 0 Å². The van der Waals surface area contributed by atoms with E-state index in [1.807, 2.05) is 6.07 Å². The summed E-state index contributed by atoms with van der Waals surface area (Å²) < 4.78 is 33.6. The molecule has 0 aliphatic heterocycles. The second-order valence-electron chi connectivity index (χ2n) is 5.29. The van der Waals surface area contributed by atoms with Crippen molar-refractivity contribution in [2.24, 2.45) is 0 Å². The minimum absolute atomic E-state index is 0.169. The Labute approximate surface area is 140 Å². The second kappa shape index (κ2) is 6.54. The van der Waals surface area contributed by atoms with Crippen LogP contribution < -0.4 is 9.46 Å². The number of sulfonamides is 1. The first-order valence-corrected chi connectivity index (χ1v) is 8.85. The molecule has 0 unspecified atom stereocenters. The van der Waals surface area contributed by atoms with E-state index in [1.165, 1.54) is 13.2 Å². The molecule has 7 heteroatoms. The molecule has 0 saturated heterocycles. The van der Waals surface area contributed by atoms with Gasteiger partial charge in [-0.05, 0) is 42.8 Å². The molecule has 0 bridgehead atoms. The summed E-state index contributed by atoms with van der Waals surface area (Å²) in [7, 11) is -2.20. The highest BCUT2D eigenvalue weighted by Gasteiger charge is 2.22. The van der Waals surface area contributed by atoms with Crippen LogP contribution in [0.1, 0.15) is 18.5 Å². The fraction of sp³-hybridized carbons (Fsp3) is 0.176. The van der Waals surface area contributed by atoms with E-state index in [0.29, 0.717) is 16.7 Å². The van der Waals surface area contributed by atoms with Gasteiger partial charge in [-0.1, -0.05) is 6.07 Å². The maximum Gasteiger partial charge on any atom is 0.241 e. The summed E-state index contributed by atoms with van der Waals surface area (Å²) in [5, 5.41) is 0.516. The van der Waals surface area contributed by atoms with Crippen molar-refractivity contribution in [1.82, 2.24) is 14.7 Å². The van der Waals surface area contributed by atoms with Crippen molar-refractivity contribution in [1.29, 1.82) is 0 Å². The number of methoxy groups -OCH3 is 1. The van der Waals surface area contributed by atoms with E-state index in [-0.39, 0.29) is 4.90 Å². The first-order valence-electron chi connectivity index (χ1n) is 7.37.